The normalized spacial score (nSPS) is 12.9. The van der Waals surface area contributed by atoms with Crippen LogP contribution in [0.15, 0.2) is 89.8 Å². The van der Waals surface area contributed by atoms with Gasteiger partial charge in [0.15, 0.2) is 0 Å². The van der Waals surface area contributed by atoms with Crippen LogP contribution in [0.5, 0.6) is 0 Å². The van der Waals surface area contributed by atoms with Gasteiger partial charge in [-0.05, 0) is 70.0 Å². The number of halogens is 3. The summed E-state index contributed by atoms with van der Waals surface area (Å²) in [5.41, 5.74) is -1.10. The molecule has 0 bridgehead atoms. The fourth-order valence-electron chi connectivity index (χ4n) is 4.13. The van der Waals surface area contributed by atoms with Gasteiger partial charge in [-0.15, -0.1) is 0 Å². The monoisotopic (exact) mass is 589 g/mol. The molecule has 0 aliphatic heterocycles. The summed E-state index contributed by atoms with van der Waals surface area (Å²) in [7, 11) is -4.47. The second-order valence-electron chi connectivity index (χ2n) is 10.6. The first-order chi connectivity index (χ1) is 19.1. The number of carbonyl (C=O) groups excluding carboxylic acids is 2. The molecule has 0 fully saturated rings. The van der Waals surface area contributed by atoms with Crippen LogP contribution in [0.3, 0.4) is 0 Å². The molecule has 41 heavy (non-hydrogen) atoms. The molecule has 0 heterocycles. The predicted molar refractivity (Wildman–Crippen MR) is 152 cm³/mol. The molecule has 0 spiro atoms. The highest BCUT2D eigenvalue weighted by molar-refractivity contribution is 7.92. The first kappa shape index (κ1) is 31.7. The maximum atomic E-state index is 13.8. The molecule has 1 atom stereocenters. The van der Waals surface area contributed by atoms with Crippen LogP contribution >= 0.6 is 0 Å². The van der Waals surface area contributed by atoms with Crippen molar-refractivity contribution in [3.05, 3.63) is 96.1 Å². The zero-order valence-corrected chi connectivity index (χ0v) is 24.2. The second-order valence-corrected chi connectivity index (χ2v) is 12.5. The van der Waals surface area contributed by atoms with Gasteiger partial charge in [-0.3, -0.25) is 13.9 Å². The maximum absolute atomic E-state index is 13.8. The Kier molecular flexibility index (Phi) is 9.85. The van der Waals surface area contributed by atoms with E-state index >= 15 is 0 Å². The Balaban J connectivity index is 2.03. The number of alkyl halides is 3. The predicted octanol–water partition coefficient (Wildman–Crippen LogP) is 5.28. The number of rotatable bonds is 10. The summed E-state index contributed by atoms with van der Waals surface area (Å²) in [6.07, 6.45) is -4.36. The summed E-state index contributed by atoms with van der Waals surface area (Å²) in [5, 5.41) is 2.83. The molecule has 0 saturated carbocycles. The van der Waals surface area contributed by atoms with Gasteiger partial charge >= 0.3 is 6.18 Å². The van der Waals surface area contributed by atoms with Gasteiger partial charge in [0, 0.05) is 12.1 Å². The molecule has 0 aliphatic carbocycles. The molecule has 2 amide bonds. The molecule has 11 heteroatoms. The fraction of sp³-hybridized carbons (Fsp3) is 0.333. The maximum Gasteiger partial charge on any atom is 0.416 e. The van der Waals surface area contributed by atoms with Crippen LogP contribution in [0.2, 0.25) is 0 Å². The number of carbonyl (C=O) groups is 2. The second kappa shape index (κ2) is 12.8. The number of hydrogen-bond acceptors (Lipinski definition) is 4. The van der Waals surface area contributed by atoms with E-state index in [1.165, 1.54) is 42.2 Å². The lowest BCUT2D eigenvalue weighted by atomic mass is 10.1. The van der Waals surface area contributed by atoms with Crippen molar-refractivity contribution < 1.29 is 31.2 Å². The van der Waals surface area contributed by atoms with Crippen molar-refractivity contribution in [1.82, 2.24) is 10.2 Å². The van der Waals surface area contributed by atoms with Gasteiger partial charge in [0.25, 0.3) is 10.0 Å². The van der Waals surface area contributed by atoms with Crippen LogP contribution < -0.4 is 9.62 Å². The molecule has 220 valence electrons. The molecule has 3 rings (SSSR count). The minimum atomic E-state index is -4.73. The van der Waals surface area contributed by atoms with E-state index < -0.39 is 51.7 Å². The Morgan fingerprint density at radius 1 is 0.878 bits per heavy atom. The first-order valence-corrected chi connectivity index (χ1v) is 14.4. The summed E-state index contributed by atoms with van der Waals surface area (Å²) in [6.45, 7) is 6.15. The number of anilines is 1. The van der Waals surface area contributed by atoms with Crippen LogP contribution in [-0.4, -0.2) is 49.8 Å². The van der Waals surface area contributed by atoms with Gasteiger partial charge < -0.3 is 10.2 Å². The van der Waals surface area contributed by atoms with E-state index in [2.05, 4.69) is 5.32 Å². The molecular weight excluding hydrogens is 555 g/mol. The molecule has 0 saturated heterocycles. The van der Waals surface area contributed by atoms with E-state index in [1.54, 1.807) is 26.8 Å². The van der Waals surface area contributed by atoms with E-state index in [-0.39, 0.29) is 17.1 Å². The zero-order valence-electron chi connectivity index (χ0n) is 23.4. The Morgan fingerprint density at radius 2 is 1.46 bits per heavy atom. The van der Waals surface area contributed by atoms with E-state index in [0.717, 1.165) is 17.7 Å². The minimum absolute atomic E-state index is 0.0728. The molecule has 7 nitrogen and oxygen atoms in total. The molecule has 0 aromatic heterocycles. The van der Waals surface area contributed by atoms with Crippen LogP contribution in [-0.2, 0) is 32.2 Å². The van der Waals surface area contributed by atoms with Crippen molar-refractivity contribution in [3.63, 3.8) is 0 Å². The smallest absolute Gasteiger partial charge is 0.350 e. The Hall–Kier alpha value is -3.86. The van der Waals surface area contributed by atoms with E-state index in [1.807, 2.05) is 30.3 Å². The van der Waals surface area contributed by atoms with E-state index in [4.69, 9.17) is 0 Å². The van der Waals surface area contributed by atoms with Crippen molar-refractivity contribution in [2.75, 3.05) is 17.4 Å². The zero-order chi connectivity index (χ0) is 30.4. The molecule has 1 unspecified atom stereocenters. The third kappa shape index (κ3) is 8.56. The fourth-order valence-corrected chi connectivity index (χ4v) is 5.56. The summed E-state index contributed by atoms with van der Waals surface area (Å²) >= 11 is 0. The van der Waals surface area contributed by atoms with Gasteiger partial charge in [-0.2, -0.15) is 13.2 Å². The number of amides is 2. The Labute approximate surface area is 239 Å². The van der Waals surface area contributed by atoms with Gasteiger partial charge in [-0.25, -0.2) is 8.42 Å². The Bertz CT molecular complexity index is 1440. The molecule has 1 N–H and O–H groups in total. The van der Waals surface area contributed by atoms with Gasteiger partial charge in [-0.1, -0.05) is 54.6 Å². The van der Waals surface area contributed by atoms with Crippen molar-refractivity contribution >= 4 is 27.5 Å². The largest absolute Gasteiger partial charge is 0.416 e. The first-order valence-electron chi connectivity index (χ1n) is 13.0. The van der Waals surface area contributed by atoms with Crippen molar-refractivity contribution in [1.29, 1.82) is 0 Å². The quantitative estimate of drug-likeness (QED) is 0.349. The average molecular weight is 590 g/mol. The minimum Gasteiger partial charge on any atom is -0.350 e. The lowest BCUT2D eigenvalue weighted by Gasteiger charge is -2.33. The number of benzene rings is 3. The molecular formula is C30H34F3N3O4S. The lowest BCUT2D eigenvalue weighted by molar-refractivity contribution is -0.139. The standard InChI is InChI=1S/C30H34F3N3O4S/c1-22(28(38)34-29(2,3)4)35(19-18-23-12-7-5-8-13-23)27(37)21-36(41(39,40)26-16-9-6-10-17-26)25-15-11-14-24(20-25)30(31,32)33/h5-17,20,22H,18-19,21H2,1-4H3,(H,34,38). The molecule has 0 radical (unpaired) electrons. The Morgan fingerprint density at radius 3 is 2.02 bits per heavy atom. The number of hydrogen-bond donors (Lipinski definition) is 1. The summed E-state index contributed by atoms with van der Waals surface area (Å²) in [4.78, 5) is 28.0. The average Bonchev–Trinajstić information content (AvgIpc) is 2.91. The van der Waals surface area contributed by atoms with Crippen LogP contribution in [0.25, 0.3) is 0 Å². The molecule has 0 aliphatic rings. The third-order valence-corrected chi connectivity index (χ3v) is 8.01. The van der Waals surface area contributed by atoms with E-state index in [9.17, 15) is 31.2 Å². The molecule has 3 aromatic carbocycles. The van der Waals surface area contributed by atoms with E-state index in [0.29, 0.717) is 16.8 Å². The highest BCUT2D eigenvalue weighted by atomic mass is 32.2. The van der Waals surface area contributed by atoms with Crippen LogP contribution in [0, 0.1) is 0 Å². The highest BCUT2D eigenvalue weighted by Gasteiger charge is 2.35. The molecule has 3 aromatic rings. The van der Waals surface area contributed by atoms with Crippen molar-refractivity contribution in [2.45, 2.75) is 56.8 Å². The summed E-state index contributed by atoms with van der Waals surface area (Å²) in [6, 6.07) is 19.2. The summed E-state index contributed by atoms with van der Waals surface area (Å²) < 4.78 is 68.7. The number of nitrogens with one attached hydrogen (secondary N) is 1. The highest BCUT2D eigenvalue weighted by Crippen LogP contribution is 2.33. The lowest BCUT2D eigenvalue weighted by Crippen LogP contribution is -2.55. The van der Waals surface area contributed by atoms with Crippen LogP contribution in [0.4, 0.5) is 18.9 Å². The van der Waals surface area contributed by atoms with Gasteiger partial charge in [0.2, 0.25) is 11.8 Å². The summed E-state index contributed by atoms with van der Waals surface area (Å²) in [5.74, 6) is -1.19. The van der Waals surface area contributed by atoms with Crippen molar-refractivity contribution in [2.24, 2.45) is 0 Å². The van der Waals surface area contributed by atoms with Crippen molar-refractivity contribution in [3.8, 4) is 0 Å². The van der Waals surface area contributed by atoms with Crippen LogP contribution in [0.1, 0.15) is 38.8 Å². The van der Waals surface area contributed by atoms with Gasteiger partial charge in [0.05, 0.1) is 16.1 Å². The SMILES string of the molecule is CC(C(=O)NC(C)(C)C)N(CCc1ccccc1)C(=O)CN(c1cccc(C(F)(F)F)c1)S(=O)(=O)c1ccccc1. The number of sulfonamides is 1. The number of nitrogens with zero attached hydrogens (tertiary/aromatic N) is 2. The third-order valence-electron chi connectivity index (χ3n) is 6.22. The van der Waals surface area contributed by atoms with Gasteiger partial charge in [0.1, 0.15) is 12.6 Å². The topological polar surface area (TPSA) is 86.8 Å².